The van der Waals surface area contributed by atoms with Crippen molar-refractivity contribution in [3.63, 3.8) is 0 Å². The highest BCUT2D eigenvalue weighted by molar-refractivity contribution is 6.22. The number of hydrogen-bond acceptors (Lipinski definition) is 4. The summed E-state index contributed by atoms with van der Waals surface area (Å²) < 4.78 is 0. The summed E-state index contributed by atoms with van der Waals surface area (Å²) in [5.41, 5.74) is 0.292. The van der Waals surface area contributed by atoms with E-state index in [2.05, 4.69) is 0 Å². The van der Waals surface area contributed by atoms with Crippen molar-refractivity contribution in [2.45, 2.75) is 32.1 Å². The highest BCUT2D eigenvalue weighted by Crippen LogP contribution is 2.48. The van der Waals surface area contributed by atoms with Gasteiger partial charge >= 0.3 is 0 Å². The van der Waals surface area contributed by atoms with E-state index < -0.39 is 5.41 Å². The Hall–Kier alpha value is -2.66. The summed E-state index contributed by atoms with van der Waals surface area (Å²) in [6.07, 6.45) is 3.73. The van der Waals surface area contributed by atoms with Crippen LogP contribution in [0.3, 0.4) is 0 Å². The molecule has 5 nitrogen and oxygen atoms in total. The van der Waals surface area contributed by atoms with Crippen molar-refractivity contribution in [3.05, 3.63) is 29.3 Å². The molecular formula is C16H13N3O2. The Bertz CT molecular complexity index is 718. The maximum atomic E-state index is 12.7. The number of rotatable bonds is 1. The fraction of sp³-hybridized carbons (Fsp3) is 0.375. The third-order valence-electron chi connectivity index (χ3n) is 4.46. The fourth-order valence-electron chi connectivity index (χ4n) is 3.36. The maximum Gasteiger partial charge on any atom is 0.240 e. The second-order valence-corrected chi connectivity index (χ2v) is 5.65. The molecule has 0 radical (unpaired) electrons. The molecule has 0 N–H and O–H groups in total. The van der Waals surface area contributed by atoms with E-state index in [-0.39, 0.29) is 29.4 Å². The molecule has 1 aromatic rings. The molecule has 0 aromatic heterocycles. The number of nitriles is 2. The van der Waals surface area contributed by atoms with E-state index in [4.69, 9.17) is 10.5 Å². The predicted molar refractivity (Wildman–Crippen MR) is 73.9 cm³/mol. The van der Waals surface area contributed by atoms with Gasteiger partial charge in [-0.3, -0.25) is 14.5 Å². The van der Waals surface area contributed by atoms with Crippen molar-refractivity contribution < 1.29 is 9.59 Å². The van der Waals surface area contributed by atoms with E-state index in [0.29, 0.717) is 5.69 Å². The lowest BCUT2D eigenvalue weighted by Gasteiger charge is -2.21. The van der Waals surface area contributed by atoms with Crippen LogP contribution in [-0.2, 0) is 9.59 Å². The van der Waals surface area contributed by atoms with E-state index in [9.17, 15) is 9.59 Å². The van der Waals surface area contributed by atoms with E-state index in [1.54, 1.807) is 6.07 Å². The second kappa shape index (κ2) is 4.71. The quantitative estimate of drug-likeness (QED) is 0.738. The van der Waals surface area contributed by atoms with Crippen molar-refractivity contribution in [1.82, 2.24) is 0 Å². The highest BCUT2D eigenvalue weighted by Gasteiger charge is 2.53. The number of benzene rings is 1. The monoisotopic (exact) mass is 279 g/mol. The molecule has 1 aromatic carbocycles. The molecule has 0 atom stereocenters. The number of carbonyl (C=O) groups excluding carboxylic acids is 2. The molecule has 1 heterocycles. The SMILES string of the molecule is N#Cc1ccc(N2C(=O)CC3(CCCC3)C2=O)cc1C#N. The minimum absolute atomic E-state index is 0.154. The van der Waals surface area contributed by atoms with Crippen LogP contribution in [0.15, 0.2) is 18.2 Å². The third kappa shape index (κ3) is 1.90. The van der Waals surface area contributed by atoms with Crippen molar-refractivity contribution in [2.75, 3.05) is 4.90 Å². The number of carbonyl (C=O) groups is 2. The highest BCUT2D eigenvalue weighted by atomic mass is 16.2. The Balaban J connectivity index is 2.02. The molecule has 1 spiro atoms. The minimum Gasteiger partial charge on any atom is -0.274 e. The molecule has 2 aliphatic rings. The molecule has 0 unspecified atom stereocenters. The van der Waals surface area contributed by atoms with E-state index in [0.717, 1.165) is 25.7 Å². The molecule has 1 aliphatic carbocycles. The summed E-state index contributed by atoms with van der Waals surface area (Å²) in [4.78, 5) is 26.1. The van der Waals surface area contributed by atoms with Crippen LogP contribution in [0.5, 0.6) is 0 Å². The molecule has 0 bridgehead atoms. The van der Waals surface area contributed by atoms with Gasteiger partial charge in [0, 0.05) is 6.42 Å². The summed E-state index contributed by atoms with van der Waals surface area (Å²) in [6, 6.07) is 8.34. The number of nitrogens with zero attached hydrogens (tertiary/aromatic N) is 3. The molecule has 1 saturated heterocycles. The first-order chi connectivity index (χ1) is 10.1. The molecule has 2 amide bonds. The van der Waals surface area contributed by atoms with Gasteiger partial charge in [-0.1, -0.05) is 12.8 Å². The average Bonchev–Trinajstić information content (AvgIpc) is 3.05. The molecule has 1 saturated carbocycles. The Kier molecular flexibility index (Phi) is 2.99. The Morgan fingerprint density at radius 1 is 1.05 bits per heavy atom. The first-order valence-corrected chi connectivity index (χ1v) is 6.93. The smallest absolute Gasteiger partial charge is 0.240 e. The van der Waals surface area contributed by atoms with Crippen LogP contribution in [0.2, 0.25) is 0 Å². The van der Waals surface area contributed by atoms with E-state index in [1.807, 2.05) is 12.1 Å². The van der Waals surface area contributed by atoms with Gasteiger partial charge in [0.25, 0.3) is 0 Å². The van der Waals surface area contributed by atoms with Crippen molar-refractivity contribution in [3.8, 4) is 12.1 Å². The second-order valence-electron chi connectivity index (χ2n) is 5.65. The van der Waals surface area contributed by atoms with Crippen LogP contribution < -0.4 is 4.90 Å². The molecule has 2 fully saturated rings. The van der Waals surface area contributed by atoms with Gasteiger partial charge in [-0.2, -0.15) is 10.5 Å². The van der Waals surface area contributed by atoms with Gasteiger partial charge in [0.2, 0.25) is 11.8 Å². The summed E-state index contributed by atoms with van der Waals surface area (Å²) in [7, 11) is 0. The van der Waals surface area contributed by atoms with Gasteiger partial charge < -0.3 is 0 Å². The zero-order chi connectivity index (χ0) is 15.0. The van der Waals surface area contributed by atoms with Crippen molar-refractivity contribution in [1.29, 1.82) is 10.5 Å². The fourth-order valence-corrected chi connectivity index (χ4v) is 3.36. The zero-order valence-electron chi connectivity index (χ0n) is 11.4. The van der Waals surface area contributed by atoms with Gasteiger partial charge in [0.15, 0.2) is 0 Å². The number of imide groups is 1. The molecule has 21 heavy (non-hydrogen) atoms. The van der Waals surface area contributed by atoms with Crippen LogP contribution >= 0.6 is 0 Å². The number of amides is 2. The topological polar surface area (TPSA) is 85.0 Å². The van der Waals surface area contributed by atoms with Crippen LogP contribution in [-0.4, -0.2) is 11.8 Å². The lowest BCUT2D eigenvalue weighted by atomic mass is 9.84. The maximum absolute atomic E-state index is 12.7. The molecule has 3 rings (SSSR count). The summed E-state index contributed by atoms with van der Waals surface area (Å²) in [6.45, 7) is 0. The summed E-state index contributed by atoms with van der Waals surface area (Å²) in [5, 5.41) is 18.0. The lowest BCUT2D eigenvalue weighted by Crippen LogP contribution is -2.34. The van der Waals surface area contributed by atoms with Crippen LogP contribution in [0, 0.1) is 28.1 Å². The van der Waals surface area contributed by atoms with Gasteiger partial charge in [0.05, 0.1) is 22.2 Å². The van der Waals surface area contributed by atoms with Crippen LogP contribution in [0.1, 0.15) is 43.2 Å². The standard InChI is InChI=1S/C16H13N3O2/c17-9-11-3-4-13(7-12(11)10-18)19-14(20)8-16(15(19)21)5-1-2-6-16/h3-4,7H,1-2,5-6,8H2. The summed E-state index contributed by atoms with van der Waals surface area (Å²) in [5.74, 6) is -0.367. The van der Waals surface area contributed by atoms with Gasteiger partial charge in [-0.05, 0) is 31.0 Å². The molecule has 5 heteroatoms. The normalized spacial score (nSPS) is 19.8. The molecular weight excluding hydrogens is 266 g/mol. The van der Waals surface area contributed by atoms with Crippen LogP contribution in [0.4, 0.5) is 5.69 Å². The Morgan fingerprint density at radius 3 is 2.33 bits per heavy atom. The third-order valence-corrected chi connectivity index (χ3v) is 4.46. The van der Waals surface area contributed by atoms with Gasteiger partial charge in [0.1, 0.15) is 12.1 Å². The number of hydrogen-bond donors (Lipinski definition) is 0. The molecule has 104 valence electrons. The summed E-state index contributed by atoms with van der Waals surface area (Å²) >= 11 is 0. The van der Waals surface area contributed by atoms with Crippen LogP contribution in [0.25, 0.3) is 0 Å². The largest absolute Gasteiger partial charge is 0.274 e. The predicted octanol–water partition coefficient (Wildman–Crippen LogP) is 2.25. The van der Waals surface area contributed by atoms with Gasteiger partial charge in [-0.15, -0.1) is 0 Å². The Labute approximate surface area is 122 Å². The van der Waals surface area contributed by atoms with E-state index >= 15 is 0 Å². The molecule has 1 aliphatic heterocycles. The Morgan fingerprint density at radius 2 is 1.71 bits per heavy atom. The minimum atomic E-state index is -0.530. The zero-order valence-corrected chi connectivity index (χ0v) is 11.4. The van der Waals surface area contributed by atoms with Crippen molar-refractivity contribution >= 4 is 17.5 Å². The van der Waals surface area contributed by atoms with Gasteiger partial charge in [-0.25, -0.2) is 0 Å². The van der Waals surface area contributed by atoms with E-state index in [1.165, 1.54) is 17.0 Å². The average molecular weight is 279 g/mol. The lowest BCUT2D eigenvalue weighted by molar-refractivity contribution is -0.125. The first kappa shape index (κ1) is 13.3. The number of anilines is 1. The first-order valence-electron chi connectivity index (χ1n) is 6.93. The van der Waals surface area contributed by atoms with Crippen molar-refractivity contribution in [2.24, 2.45) is 5.41 Å².